The molecule has 2 atom stereocenters. The zero-order chi connectivity index (χ0) is 9.14. The summed E-state index contributed by atoms with van der Waals surface area (Å²) in [4.78, 5) is 17.2. The number of rotatable bonds is 3. The number of carboxylic acid groups (broad SMARTS) is 1. The molecule has 0 bridgehead atoms. The standard InChI is InChI=1S/C7H11N3O2/c1-4(5(8)7(11)12)6-9-2-3-10-6/h2-5H,8H2,1H3,(H,9,10)(H,11,12)/t4-,5-/m0/s1. The van der Waals surface area contributed by atoms with Gasteiger partial charge in [0, 0.05) is 18.3 Å². The first-order chi connectivity index (χ1) is 5.63. The van der Waals surface area contributed by atoms with Gasteiger partial charge in [0.15, 0.2) is 0 Å². The van der Waals surface area contributed by atoms with E-state index in [9.17, 15) is 4.79 Å². The molecule has 0 aliphatic rings. The van der Waals surface area contributed by atoms with E-state index < -0.39 is 12.0 Å². The van der Waals surface area contributed by atoms with E-state index in [-0.39, 0.29) is 5.92 Å². The lowest BCUT2D eigenvalue weighted by molar-refractivity contribution is -0.139. The maximum Gasteiger partial charge on any atom is 0.321 e. The number of carbonyl (C=O) groups is 1. The fraction of sp³-hybridized carbons (Fsp3) is 0.429. The molecule has 1 heterocycles. The number of imidazole rings is 1. The van der Waals surface area contributed by atoms with Gasteiger partial charge in [0.2, 0.25) is 0 Å². The monoisotopic (exact) mass is 169 g/mol. The van der Waals surface area contributed by atoms with Gasteiger partial charge in [0.05, 0.1) is 0 Å². The molecule has 4 N–H and O–H groups in total. The second-order valence-corrected chi connectivity index (χ2v) is 2.63. The quantitative estimate of drug-likeness (QED) is 0.590. The highest BCUT2D eigenvalue weighted by Crippen LogP contribution is 2.12. The Bertz CT molecular complexity index is 258. The number of H-pyrrole nitrogens is 1. The van der Waals surface area contributed by atoms with Crippen LogP contribution in [0.5, 0.6) is 0 Å². The predicted octanol–water partition coefficient (Wildman–Crippen LogP) is -0.0749. The van der Waals surface area contributed by atoms with Crippen LogP contribution in [0.4, 0.5) is 0 Å². The summed E-state index contributed by atoms with van der Waals surface area (Å²) in [6.07, 6.45) is 3.21. The number of hydrogen-bond donors (Lipinski definition) is 3. The van der Waals surface area contributed by atoms with E-state index in [1.165, 1.54) is 0 Å². The number of aromatic amines is 1. The van der Waals surface area contributed by atoms with Crippen molar-refractivity contribution in [3.8, 4) is 0 Å². The number of nitrogens with zero attached hydrogens (tertiary/aromatic N) is 1. The van der Waals surface area contributed by atoms with Crippen molar-refractivity contribution < 1.29 is 9.90 Å². The largest absolute Gasteiger partial charge is 0.480 e. The molecule has 0 fully saturated rings. The zero-order valence-corrected chi connectivity index (χ0v) is 6.69. The van der Waals surface area contributed by atoms with E-state index in [1.807, 2.05) is 0 Å². The molecule has 0 unspecified atom stereocenters. The van der Waals surface area contributed by atoms with Gasteiger partial charge in [0.1, 0.15) is 11.9 Å². The third-order valence-corrected chi connectivity index (χ3v) is 1.77. The molecule has 0 saturated carbocycles. The van der Waals surface area contributed by atoms with Crippen molar-refractivity contribution in [3.05, 3.63) is 18.2 Å². The maximum atomic E-state index is 10.5. The average molecular weight is 169 g/mol. The highest BCUT2D eigenvalue weighted by atomic mass is 16.4. The molecule has 5 nitrogen and oxygen atoms in total. The summed E-state index contributed by atoms with van der Waals surface area (Å²) < 4.78 is 0. The molecule has 0 aliphatic carbocycles. The molecule has 1 rings (SSSR count). The highest BCUT2D eigenvalue weighted by molar-refractivity contribution is 5.74. The van der Waals surface area contributed by atoms with Crippen LogP contribution < -0.4 is 5.73 Å². The normalized spacial score (nSPS) is 15.5. The van der Waals surface area contributed by atoms with Gasteiger partial charge in [-0.15, -0.1) is 0 Å². The summed E-state index contributed by atoms with van der Waals surface area (Å²) in [5.41, 5.74) is 5.39. The predicted molar refractivity (Wildman–Crippen MR) is 42.6 cm³/mol. The van der Waals surface area contributed by atoms with Gasteiger partial charge in [-0.2, -0.15) is 0 Å². The minimum atomic E-state index is -1.01. The third-order valence-electron chi connectivity index (χ3n) is 1.77. The molecule has 0 aliphatic heterocycles. The van der Waals surface area contributed by atoms with E-state index in [0.29, 0.717) is 5.82 Å². The number of aromatic nitrogens is 2. The Hall–Kier alpha value is -1.36. The number of carboxylic acids is 1. The van der Waals surface area contributed by atoms with Crippen LogP contribution in [-0.4, -0.2) is 27.1 Å². The number of hydrogen-bond acceptors (Lipinski definition) is 3. The number of aliphatic carboxylic acids is 1. The zero-order valence-electron chi connectivity index (χ0n) is 6.69. The Morgan fingerprint density at radius 2 is 2.50 bits per heavy atom. The Labute approximate surface area is 69.6 Å². The average Bonchev–Trinajstić information content (AvgIpc) is 2.53. The molecule has 12 heavy (non-hydrogen) atoms. The van der Waals surface area contributed by atoms with Crippen molar-refractivity contribution >= 4 is 5.97 Å². The molecular weight excluding hydrogens is 158 g/mol. The van der Waals surface area contributed by atoms with Crippen LogP contribution in [0, 0.1) is 0 Å². The third kappa shape index (κ3) is 1.62. The molecular formula is C7H11N3O2. The van der Waals surface area contributed by atoms with Crippen LogP contribution in [0.3, 0.4) is 0 Å². The molecule has 1 aromatic heterocycles. The van der Waals surface area contributed by atoms with Gasteiger partial charge < -0.3 is 15.8 Å². The lowest BCUT2D eigenvalue weighted by Gasteiger charge is -2.12. The smallest absolute Gasteiger partial charge is 0.321 e. The van der Waals surface area contributed by atoms with E-state index in [1.54, 1.807) is 19.3 Å². The van der Waals surface area contributed by atoms with Crippen molar-refractivity contribution in [1.29, 1.82) is 0 Å². The summed E-state index contributed by atoms with van der Waals surface area (Å²) in [6.45, 7) is 1.72. The Kier molecular flexibility index (Phi) is 2.44. The van der Waals surface area contributed by atoms with Crippen molar-refractivity contribution in [2.75, 3.05) is 0 Å². The molecule has 0 amide bonds. The van der Waals surface area contributed by atoms with Gasteiger partial charge in [-0.25, -0.2) is 4.98 Å². The van der Waals surface area contributed by atoms with Crippen molar-refractivity contribution in [1.82, 2.24) is 9.97 Å². The molecule has 1 aromatic rings. The minimum absolute atomic E-state index is 0.294. The van der Waals surface area contributed by atoms with Gasteiger partial charge in [-0.05, 0) is 0 Å². The fourth-order valence-electron chi connectivity index (χ4n) is 0.910. The summed E-state index contributed by atoms with van der Waals surface area (Å²) in [7, 11) is 0. The summed E-state index contributed by atoms with van der Waals surface area (Å²) >= 11 is 0. The molecule has 0 saturated heterocycles. The van der Waals surface area contributed by atoms with Gasteiger partial charge in [0.25, 0.3) is 0 Å². The van der Waals surface area contributed by atoms with Crippen LogP contribution in [-0.2, 0) is 4.79 Å². The second kappa shape index (κ2) is 3.36. The van der Waals surface area contributed by atoms with Crippen molar-refractivity contribution in [2.45, 2.75) is 18.9 Å². The van der Waals surface area contributed by atoms with Crippen LogP contribution in [0.1, 0.15) is 18.7 Å². The molecule has 0 radical (unpaired) electrons. The summed E-state index contributed by atoms with van der Waals surface area (Å²) in [6, 6.07) is -0.906. The lowest BCUT2D eigenvalue weighted by Crippen LogP contribution is -2.35. The van der Waals surface area contributed by atoms with Crippen LogP contribution >= 0.6 is 0 Å². The van der Waals surface area contributed by atoms with Crippen molar-refractivity contribution in [3.63, 3.8) is 0 Å². The topological polar surface area (TPSA) is 92.0 Å². The van der Waals surface area contributed by atoms with Crippen molar-refractivity contribution in [2.24, 2.45) is 5.73 Å². The maximum absolute atomic E-state index is 10.5. The fourth-order valence-corrected chi connectivity index (χ4v) is 0.910. The van der Waals surface area contributed by atoms with Crippen LogP contribution in [0.25, 0.3) is 0 Å². The van der Waals surface area contributed by atoms with E-state index in [4.69, 9.17) is 10.8 Å². The first kappa shape index (κ1) is 8.73. The number of nitrogens with two attached hydrogens (primary N) is 1. The lowest BCUT2D eigenvalue weighted by atomic mass is 10.0. The van der Waals surface area contributed by atoms with Crippen LogP contribution in [0.2, 0.25) is 0 Å². The van der Waals surface area contributed by atoms with Gasteiger partial charge in [-0.3, -0.25) is 4.79 Å². The Morgan fingerprint density at radius 3 is 2.92 bits per heavy atom. The molecule has 0 aromatic carbocycles. The first-order valence-electron chi connectivity index (χ1n) is 3.60. The SMILES string of the molecule is C[C@H](c1ncc[nH]1)[C@H](N)C(=O)O. The Morgan fingerprint density at radius 1 is 1.83 bits per heavy atom. The minimum Gasteiger partial charge on any atom is -0.480 e. The van der Waals surface area contributed by atoms with Crippen LogP contribution in [0.15, 0.2) is 12.4 Å². The number of nitrogens with one attached hydrogen (secondary N) is 1. The highest BCUT2D eigenvalue weighted by Gasteiger charge is 2.22. The van der Waals surface area contributed by atoms with Gasteiger partial charge in [-0.1, -0.05) is 6.92 Å². The second-order valence-electron chi connectivity index (χ2n) is 2.63. The Balaban J connectivity index is 2.71. The molecule has 66 valence electrons. The molecule has 5 heteroatoms. The van der Waals surface area contributed by atoms with E-state index in [0.717, 1.165) is 0 Å². The summed E-state index contributed by atoms with van der Waals surface area (Å²) in [5.74, 6) is -0.707. The van der Waals surface area contributed by atoms with Gasteiger partial charge >= 0.3 is 5.97 Å². The van der Waals surface area contributed by atoms with E-state index in [2.05, 4.69) is 9.97 Å². The summed E-state index contributed by atoms with van der Waals surface area (Å²) in [5, 5.41) is 8.58. The van der Waals surface area contributed by atoms with E-state index >= 15 is 0 Å². The first-order valence-corrected chi connectivity index (χ1v) is 3.60. The molecule has 0 spiro atoms.